The highest BCUT2D eigenvalue weighted by molar-refractivity contribution is 5.46. The molecule has 1 aliphatic heterocycles. The van der Waals surface area contributed by atoms with Gasteiger partial charge in [-0.2, -0.15) is 0 Å². The van der Waals surface area contributed by atoms with Crippen LogP contribution in [-0.2, 0) is 13.1 Å². The van der Waals surface area contributed by atoms with Crippen molar-refractivity contribution in [2.24, 2.45) is 0 Å². The van der Waals surface area contributed by atoms with Gasteiger partial charge in [-0.3, -0.25) is 9.88 Å². The largest absolute Gasteiger partial charge is 0.379 e. The molecule has 0 radical (unpaired) electrons. The number of aryl methyl sites for hydroxylation is 1. The van der Waals surface area contributed by atoms with Gasteiger partial charge in [0.2, 0.25) is 0 Å². The van der Waals surface area contributed by atoms with Crippen LogP contribution in [0.4, 0.5) is 5.69 Å². The van der Waals surface area contributed by atoms with Crippen molar-refractivity contribution in [1.82, 2.24) is 9.88 Å². The van der Waals surface area contributed by atoms with E-state index in [1.54, 1.807) is 0 Å². The van der Waals surface area contributed by atoms with Gasteiger partial charge in [-0.05, 0) is 62.2 Å². The third kappa shape index (κ3) is 4.05. The van der Waals surface area contributed by atoms with Gasteiger partial charge in [0.15, 0.2) is 0 Å². The third-order valence-electron chi connectivity index (χ3n) is 3.98. The molecule has 1 aromatic carbocycles. The van der Waals surface area contributed by atoms with Crippen LogP contribution in [0.25, 0.3) is 0 Å². The third-order valence-corrected chi connectivity index (χ3v) is 3.98. The quantitative estimate of drug-likeness (QED) is 0.907. The molecule has 21 heavy (non-hydrogen) atoms. The van der Waals surface area contributed by atoms with E-state index in [0.717, 1.165) is 18.8 Å². The maximum absolute atomic E-state index is 4.43. The van der Waals surface area contributed by atoms with E-state index in [1.165, 1.54) is 42.7 Å². The summed E-state index contributed by atoms with van der Waals surface area (Å²) in [5, 5.41) is 3.46. The molecule has 2 heterocycles. The number of nitrogens with zero attached hydrogens (tertiary/aromatic N) is 2. The Morgan fingerprint density at radius 2 is 2.00 bits per heavy atom. The summed E-state index contributed by atoms with van der Waals surface area (Å²) in [6.45, 7) is 6.38. The van der Waals surface area contributed by atoms with Crippen LogP contribution in [0.15, 0.2) is 42.6 Å². The SMILES string of the molecule is Cc1ccc(CNc2cccc(CN3CCCC3)c2)nc1. The van der Waals surface area contributed by atoms with E-state index in [9.17, 15) is 0 Å². The highest BCUT2D eigenvalue weighted by Crippen LogP contribution is 2.16. The van der Waals surface area contributed by atoms with E-state index >= 15 is 0 Å². The summed E-state index contributed by atoms with van der Waals surface area (Å²) in [5.74, 6) is 0. The minimum Gasteiger partial charge on any atom is -0.379 e. The standard InChI is InChI=1S/C18H23N3/c1-15-7-8-18(19-12-15)13-20-17-6-4-5-16(11-17)14-21-9-2-3-10-21/h4-8,11-12,20H,2-3,9-10,13-14H2,1H3. The Morgan fingerprint density at radius 1 is 1.14 bits per heavy atom. The predicted octanol–water partition coefficient (Wildman–Crippen LogP) is 3.60. The molecule has 1 fully saturated rings. The summed E-state index contributed by atoms with van der Waals surface area (Å²) in [4.78, 5) is 6.96. The molecule has 2 aromatic rings. The predicted molar refractivity (Wildman–Crippen MR) is 87.3 cm³/mol. The maximum Gasteiger partial charge on any atom is 0.0594 e. The van der Waals surface area contributed by atoms with Crippen molar-refractivity contribution in [3.8, 4) is 0 Å². The number of nitrogens with one attached hydrogen (secondary N) is 1. The van der Waals surface area contributed by atoms with Crippen molar-refractivity contribution in [3.63, 3.8) is 0 Å². The zero-order chi connectivity index (χ0) is 14.5. The fourth-order valence-electron chi connectivity index (χ4n) is 2.77. The first-order chi connectivity index (χ1) is 10.3. The van der Waals surface area contributed by atoms with Gasteiger partial charge >= 0.3 is 0 Å². The van der Waals surface area contributed by atoms with Crippen molar-refractivity contribution in [2.45, 2.75) is 32.9 Å². The number of aromatic nitrogens is 1. The van der Waals surface area contributed by atoms with E-state index in [1.807, 2.05) is 6.20 Å². The minimum atomic E-state index is 0.771. The molecular formula is C18H23N3. The first-order valence-electron chi connectivity index (χ1n) is 7.76. The average Bonchev–Trinajstić information content (AvgIpc) is 3.00. The molecule has 0 bridgehead atoms. The molecule has 0 amide bonds. The van der Waals surface area contributed by atoms with Crippen LogP contribution in [0.2, 0.25) is 0 Å². The molecule has 110 valence electrons. The molecule has 0 unspecified atom stereocenters. The highest BCUT2D eigenvalue weighted by atomic mass is 15.1. The molecule has 0 saturated carbocycles. The lowest BCUT2D eigenvalue weighted by molar-refractivity contribution is 0.331. The maximum atomic E-state index is 4.43. The molecule has 0 aliphatic carbocycles. The first-order valence-corrected chi connectivity index (χ1v) is 7.76. The number of likely N-dealkylation sites (tertiary alicyclic amines) is 1. The normalized spacial score (nSPS) is 15.3. The van der Waals surface area contributed by atoms with Crippen molar-refractivity contribution >= 4 is 5.69 Å². The first kappa shape index (κ1) is 14.1. The Labute approximate surface area is 127 Å². The molecule has 1 aliphatic rings. The van der Waals surface area contributed by atoms with Gasteiger partial charge < -0.3 is 5.32 Å². The van der Waals surface area contributed by atoms with Gasteiger partial charge in [-0.15, -0.1) is 0 Å². The van der Waals surface area contributed by atoms with E-state index in [4.69, 9.17) is 0 Å². The fraction of sp³-hybridized carbons (Fsp3) is 0.389. The highest BCUT2D eigenvalue weighted by Gasteiger charge is 2.11. The van der Waals surface area contributed by atoms with Crippen LogP contribution >= 0.6 is 0 Å². The van der Waals surface area contributed by atoms with Gasteiger partial charge in [0.25, 0.3) is 0 Å². The summed E-state index contributed by atoms with van der Waals surface area (Å²) in [6.07, 6.45) is 4.61. The van der Waals surface area contributed by atoms with Gasteiger partial charge in [-0.25, -0.2) is 0 Å². The molecular weight excluding hydrogens is 258 g/mol. The van der Waals surface area contributed by atoms with Gasteiger partial charge in [-0.1, -0.05) is 18.2 Å². The lowest BCUT2D eigenvalue weighted by Gasteiger charge is -2.15. The van der Waals surface area contributed by atoms with Gasteiger partial charge in [0, 0.05) is 18.4 Å². The molecule has 1 saturated heterocycles. The van der Waals surface area contributed by atoms with E-state index in [-0.39, 0.29) is 0 Å². The Kier molecular flexibility index (Phi) is 4.51. The second kappa shape index (κ2) is 6.72. The zero-order valence-electron chi connectivity index (χ0n) is 12.7. The number of hydrogen-bond donors (Lipinski definition) is 1. The van der Waals surface area contributed by atoms with Gasteiger partial charge in [0.1, 0.15) is 0 Å². The number of rotatable bonds is 5. The summed E-state index contributed by atoms with van der Waals surface area (Å²) in [5.41, 5.74) is 4.84. The molecule has 0 atom stereocenters. The number of hydrogen-bond acceptors (Lipinski definition) is 3. The summed E-state index contributed by atoms with van der Waals surface area (Å²) in [6, 6.07) is 12.9. The number of anilines is 1. The van der Waals surface area contributed by atoms with Crippen LogP contribution < -0.4 is 5.32 Å². The number of pyridine rings is 1. The summed E-state index contributed by atoms with van der Waals surface area (Å²) >= 11 is 0. The molecule has 3 nitrogen and oxygen atoms in total. The fourth-order valence-corrected chi connectivity index (χ4v) is 2.77. The Hall–Kier alpha value is -1.87. The smallest absolute Gasteiger partial charge is 0.0594 e. The van der Waals surface area contributed by atoms with E-state index in [2.05, 4.69) is 58.5 Å². The lowest BCUT2D eigenvalue weighted by atomic mass is 10.2. The molecule has 1 aromatic heterocycles. The Balaban J connectivity index is 1.58. The zero-order valence-corrected chi connectivity index (χ0v) is 12.7. The van der Waals surface area contributed by atoms with E-state index < -0.39 is 0 Å². The van der Waals surface area contributed by atoms with Crippen molar-refractivity contribution < 1.29 is 0 Å². The molecule has 1 N–H and O–H groups in total. The van der Waals surface area contributed by atoms with Crippen LogP contribution in [0, 0.1) is 6.92 Å². The Morgan fingerprint density at radius 3 is 2.76 bits per heavy atom. The molecule has 3 heteroatoms. The van der Waals surface area contributed by atoms with Crippen molar-refractivity contribution in [2.75, 3.05) is 18.4 Å². The summed E-state index contributed by atoms with van der Waals surface area (Å²) < 4.78 is 0. The topological polar surface area (TPSA) is 28.2 Å². The Bertz CT molecular complexity index is 571. The second-order valence-electron chi connectivity index (χ2n) is 5.86. The van der Waals surface area contributed by atoms with Crippen molar-refractivity contribution in [3.05, 3.63) is 59.4 Å². The van der Waals surface area contributed by atoms with Crippen LogP contribution in [-0.4, -0.2) is 23.0 Å². The van der Waals surface area contributed by atoms with Crippen molar-refractivity contribution in [1.29, 1.82) is 0 Å². The lowest BCUT2D eigenvalue weighted by Crippen LogP contribution is -2.18. The average molecular weight is 281 g/mol. The number of benzene rings is 1. The van der Waals surface area contributed by atoms with Crippen LogP contribution in [0.3, 0.4) is 0 Å². The monoisotopic (exact) mass is 281 g/mol. The van der Waals surface area contributed by atoms with E-state index in [0.29, 0.717) is 0 Å². The van der Waals surface area contributed by atoms with Gasteiger partial charge in [0.05, 0.1) is 12.2 Å². The second-order valence-corrected chi connectivity index (χ2v) is 5.86. The summed E-state index contributed by atoms with van der Waals surface area (Å²) in [7, 11) is 0. The minimum absolute atomic E-state index is 0.771. The molecule has 0 spiro atoms. The molecule has 3 rings (SSSR count). The van der Waals surface area contributed by atoms with Crippen LogP contribution in [0.5, 0.6) is 0 Å². The van der Waals surface area contributed by atoms with Crippen LogP contribution in [0.1, 0.15) is 29.7 Å².